The van der Waals surface area contributed by atoms with E-state index in [9.17, 15) is 0 Å². The zero-order valence-corrected chi connectivity index (χ0v) is 23.1. The van der Waals surface area contributed by atoms with Gasteiger partial charge in [-0.05, 0) is 28.8 Å². The highest BCUT2D eigenvalue weighted by molar-refractivity contribution is 7.99. The van der Waals surface area contributed by atoms with Crippen LogP contribution in [0.1, 0.15) is 23.6 Å². The summed E-state index contributed by atoms with van der Waals surface area (Å²) in [5.74, 6) is 0.0675. The summed E-state index contributed by atoms with van der Waals surface area (Å²) in [6.07, 6.45) is -0.569. The van der Waals surface area contributed by atoms with Gasteiger partial charge >= 0.3 is 0 Å². The zero-order chi connectivity index (χ0) is 26.7. The van der Waals surface area contributed by atoms with Gasteiger partial charge in [0, 0.05) is 10.8 Å². The molecule has 0 saturated carbocycles. The van der Waals surface area contributed by atoms with Crippen molar-refractivity contribution in [2.45, 2.75) is 55.4 Å². The van der Waals surface area contributed by atoms with Crippen LogP contribution < -0.4 is 0 Å². The van der Waals surface area contributed by atoms with Crippen LogP contribution in [0, 0.1) is 5.92 Å². The lowest BCUT2D eigenvalue weighted by molar-refractivity contribution is -0.217. The van der Waals surface area contributed by atoms with Crippen LogP contribution in [-0.2, 0) is 38.8 Å². The minimum absolute atomic E-state index is 0.0675. The Hall–Kier alpha value is -2.93. The van der Waals surface area contributed by atoms with E-state index in [0.29, 0.717) is 26.4 Å². The van der Waals surface area contributed by atoms with Crippen LogP contribution in [0.4, 0.5) is 0 Å². The first-order valence-corrected chi connectivity index (χ1v) is 14.4. The summed E-state index contributed by atoms with van der Waals surface area (Å²) >= 11 is 1.69. The normalized spacial score (nSPS) is 22.9. The van der Waals surface area contributed by atoms with Crippen molar-refractivity contribution >= 4 is 11.8 Å². The molecule has 1 fully saturated rings. The number of hydrogen-bond acceptors (Lipinski definition) is 5. The highest BCUT2D eigenvalue weighted by atomic mass is 32.2. The third-order valence-electron chi connectivity index (χ3n) is 6.97. The minimum atomic E-state index is -0.264. The van der Waals surface area contributed by atoms with Gasteiger partial charge in [-0.15, -0.1) is 0 Å². The monoisotopic (exact) mass is 540 g/mol. The van der Waals surface area contributed by atoms with Gasteiger partial charge in [0.2, 0.25) is 0 Å². The van der Waals surface area contributed by atoms with Crippen LogP contribution in [0.2, 0.25) is 0 Å². The number of ether oxygens (including phenoxy) is 4. The lowest BCUT2D eigenvalue weighted by Crippen LogP contribution is -2.55. The molecule has 5 atom stereocenters. The molecule has 5 rings (SSSR count). The van der Waals surface area contributed by atoms with E-state index in [1.165, 1.54) is 0 Å². The molecule has 0 bridgehead atoms. The molecule has 0 aromatic heterocycles. The van der Waals surface area contributed by atoms with Crippen LogP contribution in [-0.4, -0.2) is 30.4 Å². The topological polar surface area (TPSA) is 36.9 Å². The molecule has 1 heterocycles. The van der Waals surface area contributed by atoms with Crippen molar-refractivity contribution in [3.8, 4) is 0 Å². The first-order valence-electron chi connectivity index (χ1n) is 13.6. The van der Waals surface area contributed by atoms with Crippen LogP contribution in [0.3, 0.4) is 0 Å². The van der Waals surface area contributed by atoms with Gasteiger partial charge in [-0.2, -0.15) is 0 Å². The Labute approximate surface area is 236 Å². The van der Waals surface area contributed by atoms with Gasteiger partial charge in [-0.25, -0.2) is 0 Å². The molecular formula is C34H36O4S. The molecule has 202 valence electrons. The summed E-state index contributed by atoms with van der Waals surface area (Å²) in [5, 5.41) is 0. The lowest BCUT2D eigenvalue weighted by atomic mass is 9.91. The van der Waals surface area contributed by atoms with Crippen molar-refractivity contribution in [3.63, 3.8) is 0 Å². The fourth-order valence-corrected chi connectivity index (χ4v) is 5.93. The average Bonchev–Trinajstić information content (AvgIpc) is 2.99. The van der Waals surface area contributed by atoms with Gasteiger partial charge in [0.25, 0.3) is 0 Å². The SMILES string of the molecule is C[C@H]1C(COCc2ccccc2)O[C@H](Sc2ccccc2)C(OCc2ccccc2)[C@@H]1OCc1ccccc1. The van der Waals surface area contributed by atoms with E-state index in [0.717, 1.165) is 21.6 Å². The molecule has 0 radical (unpaired) electrons. The molecule has 1 saturated heterocycles. The maximum absolute atomic E-state index is 6.76. The molecule has 4 aromatic rings. The van der Waals surface area contributed by atoms with Gasteiger partial charge in [0.1, 0.15) is 11.5 Å². The molecule has 1 aliphatic heterocycles. The van der Waals surface area contributed by atoms with Crippen molar-refractivity contribution in [1.29, 1.82) is 0 Å². The summed E-state index contributed by atoms with van der Waals surface area (Å²) in [6.45, 7) is 4.23. The van der Waals surface area contributed by atoms with Crippen LogP contribution >= 0.6 is 11.8 Å². The largest absolute Gasteiger partial charge is 0.374 e. The van der Waals surface area contributed by atoms with E-state index in [-0.39, 0.29) is 29.7 Å². The predicted molar refractivity (Wildman–Crippen MR) is 156 cm³/mol. The first kappa shape index (κ1) is 27.6. The molecule has 0 aliphatic carbocycles. The van der Waals surface area contributed by atoms with Crippen molar-refractivity contribution in [2.24, 2.45) is 5.92 Å². The Morgan fingerprint density at radius 2 is 1.05 bits per heavy atom. The van der Waals surface area contributed by atoms with Gasteiger partial charge in [-0.1, -0.05) is 128 Å². The first-order chi connectivity index (χ1) is 19.3. The summed E-state index contributed by atoms with van der Waals surface area (Å²) in [4.78, 5) is 1.14. The molecule has 5 heteroatoms. The molecule has 1 aliphatic rings. The van der Waals surface area contributed by atoms with Crippen molar-refractivity contribution in [1.82, 2.24) is 0 Å². The average molecular weight is 541 g/mol. The highest BCUT2D eigenvalue weighted by Gasteiger charge is 2.46. The Bertz CT molecular complexity index is 1220. The lowest BCUT2D eigenvalue weighted by Gasteiger charge is -2.45. The molecule has 4 aromatic carbocycles. The molecule has 0 N–H and O–H groups in total. The number of thioether (sulfide) groups is 1. The molecule has 2 unspecified atom stereocenters. The molecule has 39 heavy (non-hydrogen) atoms. The van der Waals surface area contributed by atoms with Gasteiger partial charge < -0.3 is 18.9 Å². The second-order valence-electron chi connectivity index (χ2n) is 9.86. The van der Waals surface area contributed by atoms with E-state index < -0.39 is 0 Å². The van der Waals surface area contributed by atoms with Gasteiger partial charge in [0.15, 0.2) is 0 Å². The Morgan fingerprint density at radius 1 is 0.590 bits per heavy atom. The smallest absolute Gasteiger partial charge is 0.136 e. The van der Waals surface area contributed by atoms with Crippen molar-refractivity contribution in [3.05, 3.63) is 138 Å². The van der Waals surface area contributed by atoms with E-state index in [1.807, 2.05) is 60.7 Å². The van der Waals surface area contributed by atoms with Crippen molar-refractivity contribution in [2.75, 3.05) is 6.61 Å². The molecular weight excluding hydrogens is 504 g/mol. The highest BCUT2D eigenvalue weighted by Crippen LogP contribution is 2.39. The number of hydrogen-bond donors (Lipinski definition) is 0. The summed E-state index contributed by atoms with van der Waals surface area (Å²) in [6, 6.07) is 41.2. The van der Waals surface area contributed by atoms with E-state index in [2.05, 4.69) is 67.6 Å². The van der Waals surface area contributed by atoms with Gasteiger partial charge in [0.05, 0.1) is 38.6 Å². The van der Waals surface area contributed by atoms with Gasteiger partial charge in [-0.3, -0.25) is 0 Å². The van der Waals surface area contributed by atoms with Crippen LogP contribution in [0.5, 0.6) is 0 Å². The Kier molecular flexibility index (Phi) is 10.2. The Balaban J connectivity index is 1.36. The molecule has 0 spiro atoms. The molecule has 4 nitrogen and oxygen atoms in total. The van der Waals surface area contributed by atoms with E-state index >= 15 is 0 Å². The second kappa shape index (κ2) is 14.5. The van der Waals surface area contributed by atoms with E-state index in [1.54, 1.807) is 11.8 Å². The predicted octanol–water partition coefficient (Wildman–Crippen LogP) is 7.53. The maximum Gasteiger partial charge on any atom is 0.136 e. The molecule has 0 amide bonds. The van der Waals surface area contributed by atoms with E-state index in [4.69, 9.17) is 18.9 Å². The second-order valence-corrected chi connectivity index (χ2v) is 11.0. The number of benzene rings is 4. The summed E-state index contributed by atoms with van der Waals surface area (Å²) in [7, 11) is 0. The summed E-state index contributed by atoms with van der Waals surface area (Å²) in [5.41, 5.74) is 3.17. The third kappa shape index (κ3) is 8.04. The minimum Gasteiger partial charge on any atom is -0.374 e. The standard InChI is InChI=1S/C34H36O4S/c1-26-31(25-35-22-27-14-6-2-7-15-27)38-34(39-30-20-12-5-13-21-30)33(37-24-29-18-10-4-11-19-29)32(26)36-23-28-16-8-3-9-17-28/h2-21,26,31-34H,22-25H2,1H3/t26-,31?,32+,33?,34+/m0/s1. The quantitative estimate of drug-likeness (QED) is 0.186. The zero-order valence-electron chi connectivity index (χ0n) is 22.3. The summed E-state index contributed by atoms with van der Waals surface area (Å²) < 4.78 is 26.2. The fraction of sp³-hybridized carbons (Fsp3) is 0.294. The van der Waals surface area contributed by atoms with Crippen molar-refractivity contribution < 1.29 is 18.9 Å². The fourth-order valence-electron chi connectivity index (χ4n) is 4.78. The van der Waals surface area contributed by atoms with Crippen LogP contribution in [0.15, 0.2) is 126 Å². The Morgan fingerprint density at radius 3 is 1.59 bits per heavy atom. The maximum atomic E-state index is 6.76. The van der Waals surface area contributed by atoms with Crippen LogP contribution in [0.25, 0.3) is 0 Å². The number of rotatable bonds is 12. The third-order valence-corrected chi connectivity index (χ3v) is 8.12.